The molecule has 2 aliphatic rings. The highest BCUT2D eigenvalue weighted by Gasteiger charge is 2.27. The van der Waals surface area contributed by atoms with Gasteiger partial charge in [0.2, 0.25) is 0 Å². The van der Waals surface area contributed by atoms with E-state index in [2.05, 4.69) is 24.1 Å². The number of hydrogen-bond acceptors (Lipinski definition) is 2. The van der Waals surface area contributed by atoms with Crippen molar-refractivity contribution in [3.63, 3.8) is 0 Å². The first-order valence-corrected chi connectivity index (χ1v) is 5.72. The first-order chi connectivity index (χ1) is 6.27. The molecule has 0 amide bonds. The van der Waals surface area contributed by atoms with Gasteiger partial charge in [0.25, 0.3) is 0 Å². The number of nitrogens with one attached hydrogen (secondary N) is 1. The highest BCUT2D eigenvalue weighted by atomic mass is 15.2. The van der Waals surface area contributed by atoms with Crippen LogP contribution in [-0.2, 0) is 0 Å². The molecule has 2 nitrogen and oxygen atoms in total. The Labute approximate surface area is 81.7 Å². The van der Waals surface area contributed by atoms with Crippen molar-refractivity contribution in [3.8, 4) is 0 Å². The van der Waals surface area contributed by atoms with Crippen LogP contribution in [0.3, 0.4) is 0 Å². The molecule has 76 valence electrons. The zero-order chi connectivity index (χ0) is 9.26. The molecular formula is C11H22N2. The molecule has 2 heterocycles. The van der Waals surface area contributed by atoms with E-state index in [1.165, 1.54) is 39.0 Å². The first kappa shape index (κ1) is 9.47. The highest BCUT2D eigenvalue weighted by Crippen LogP contribution is 2.24. The maximum Gasteiger partial charge on any atom is 0.00930 e. The van der Waals surface area contributed by atoms with Crippen LogP contribution in [0.15, 0.2) is 0 Å². The number of rotatable bonds is 3. The lowest BCUT2D eigenvalue weighted by Gasteiger charge is -2.30. The van der Waals surface area contributed by atoms with Crippen molar-refractivity contribution >= 4 is 0 Å². The Hall–Kier alpha value is -0.0800. The van der Waals surface area contributed by atoms with Crippen LogP contribution in [0.2, 0.25) is 0 Å². The fourth-order valence-electron chi connectivity index (χ4n) is 2.39. The Morgan fingerprint density at radius 2 is 2.08 bits per heavy atom. The van der Waals surface area contributed by atoms with Gasteiger partial charge < -0.3 is 10.2 Å². The standard InChI is InChI=1S/C11H22N2/c1-9-3-5-13(10(9)2)6-4-11-7-12-8-11/h9-12H,3-8H2,1-2H3. The molecule has 2 fully saturated rings. The van der Waals surface area contributed by atoms with Crippen LogP contribution < -0.4 is 5.32 Å². The molecule has 2 atom stereocenters. The first-order valence-electron chi connectivity index (χ1n) is 5.72. The van der Waals surface area contributed by atoms with Crippen molar-refractivity contribution in [3.05, 3.63) is 0 Å². The summed E-state index contributed by atoms with van der Waals surface area (Å²) in [5.74, 6) is 1.89. The lowest BCUT2D eigenvalue weighted by molar-refractivity contribution is 0.209. The van der Waals surface area contributed by atoms with Gasteiger partial charge in [0.15, 0.2) is 0 Å². The van der Waals surface area contributed by atoms with Gasteiger partial charge in [-0.15, -0.1) is 0 Å². The average Bonchev–Trinajstić information content (AvgIpc) is 2.33. The molecule has 0 spiro atoms. The number of hydrogen-bond donors (Lipinski definition) is 1. The summed E-state index contributed by atoms with van der Waals surface area (Å²) in [7, 11) is 0. The molecule has 0 saturated carbocycles. The largest absolute Gasteiger partial charge is 0.316 e. The topological polar surface area (TPSA) is 15.3 Å². The molecule has 2 saturated heterocycles. The van der Waals surface area contributed by atoms with Gasteiger partial charge in [-0.2, -0.15) is 0 Å². The predicted molar refractivity (Wildman–Crippen MR) is 55.8 cm³/mol. The van der Waals surface area contributed by atoms with Gasteiger partial charge in [0.1, 0.15) is 0 Å². The summed E-state index contributed by atoms with van der Waals surface area (Å²) in [6.45, 7) is 9.96. The molecular weight excluding hydrogens is 160 g/mol. The fourth-order valence-corrected chi connectivity index (χ4v) is 2.39. The summed E-state index contributed by atoms with van der Waals surface area (Å²) in [5.41, 5.74) is 0. The minimum atomic E-state index is 0.827. The second-order valence-corrected chi connectivity index (χ2v) is 4.86. The van der Waals surface area contributed by atoms with E-state index in [0.29, 0.717) is 0 Å². The Morgan fingerprint density at radius 3 is 2.54 bits per heavy atom. The summed E-state index contributed by atoms with van der Waals surface area (Å²) < 4.78 is 0. The van der Waals surface area contributed by atoms with E-state index >= 15 is 0 Å². The SMILES string of the molecule is CC1CCN(CCC2CNC2)C1C. The summed E-state index contributed by atoms with van der Waals surface area (Å²) in [6.07, 6.45) is 2.81. The predicted octanol–water partition coefficient (Wildman–Crippen LogP) is 1.33. The van der Waals surface area contributed by atoms with Gasteiger partial charge in [0.05, 0.1) is 0 Å². The van der Waals surface area contributed by atoms with E-state index in [0.717, 1.165) is 17.9 Å². The third-order valence-corrected chi connectivity index (χ3v) is 3.96. The quantitative estimate of drug-likeness (QED) is 0.708. The number of likely N-dealkylation sites (tertiary alicyclic amines) is 1. The fraction of sp³-hybridized carbons (Fsp3) is 1.00. The van der Waals surface area contributed by atoms with E-state index in [1.54, 1.807) is 0 Å². The van der Waals surface area contributed by atoms with E-state index in [9.17, 15) is 0 Å². The zero-order valence-corrected chi connectivity index (χ0v) is 8.92. The minimum Gasteiger partial charge on any atom is -0.316 e. The van der Waals surface area contributed by atoms with E-state index < -0.39 is 0 Å². The average molecular weight is 182 g/mol. The van der Waals surface area contributed by atoms with Crippen molar-refractivity contribution in [2.24, 2.45) is 11.8 Å². The van der Waals surface area contributed by atoms with Crippen molar-refractivity contribution < 1.29 is 0 Å². The van der Waals surface area contributed by atoms with E-state index in [1.807, 2.05) is 0 Å². The molecule has 2 heteroatoms. The number of nitrogens with zero attached hydrogens (tertiary/aromatic N) is 1. The van der Waals surface area contributed by atoms with Crippen molar-refractivity contribution in [1.29, 1.82) is 0 Å². The molecule has 0 aromatic heterocycles. The molecule has 0 aliphatic carbocycles. The van der Waals surface area contributed by atoms with Crippen molar-refractivity contribution in [1.82, 2.24) is 10.2 Å². The summed E-state index contributed by atoms with van der Waals surface area (Å²) in [6, 6.07) is 0.827. The van der Waals surface area contributed by atoms with Gasteiger partial charge in [-0.3, -0.25) is 0 Å². The Bertz CT molecular complexity index is 165. The highest BCUT2D eigenvalue weighted by molar-refractivity contribution is 4.83. The van der Waals surface area contributed by atoms with Gasteiger partial charge >= 0.3 is 0 Å². The molecule has 2 aliphatic heterocycles. The molecule has 13 heavy (non-hydrogen) atoms. The molecule has 0 bridgehead atoms. The van der Waals surface area contributed by atoms with Crippen molar-refractivity contribution in [2.75, 3.05) is 26.2 Å². The van der Waals surface area contributed by atoms with Crippen LogP contribution in [0, 0.1) is 11.8 Å². The molecule has 2 rings (SSSR count). The lowest BCUT2D eigenvalue weighted by atomic mass is 9.99. The van der Waals surface area contributed by atoms with Crippen LogP contribution in [0.4, 0.5) is 0 Å². The smallest absolute Gasteiger partial charge is 0.00930 e. The van der Waals surface area contributed by atoms with Crippen LogP contribution in [0.25, 0.3) is 0 Å². The molecule has 1 N–H and O–H groups in total. The van der Waals surface area contributed by atoms with Gasteiger partial charge in [-0.1, -0.05) is 6.92 Å². The molecule has 0 aromatic rings. The van der Waals surface area contributed by atoms with E-state index in [-0.39, 0.29) is 0 Å². The van der Waals surface area contributed by atoms with Crippen LogP contribution in [-0.4, -0.2) is 37.1 Å². The van der Waals surface area contributed by atoms with Crippen LogP contribution in [0.5, 0.6) is 0 Å². The Balaban J connectivity index is 1.69. The summed E-state index contributed by atoms with van der Waals surface area (Å²) >= 11 is 0. The minimum absolute atomic E-state index is 0.827. The molecule has 0 radical (unpaired) electrons. The molecule has 0 aromatic carbocycles. The summed E-state index contributed by atoms with van der Waals surface area (Å²) in [5, 5.41) is 3.34. The van der Waals surface area contributed by atoms with E-state index in [4.69, 9.17) is 0 Å². The maximum absolute atomic E-state index is 3.34. The molecule has 2 unspecified atom stereocenters. The third kappa shape index (κ3) is 2.05. The second-order valence-electron chi connectivity index (χ2n) is 4.86. The second kappa shape index (κ2) is 3.97. The Kier molecular flexibility index (Phi) is 2.89. The van der Waals surface area contributed by atoms with Crippen molar-refractivity contribution in [2.45, 2.75) is 32.7 Å². The Morgan fingerprint density at radius 1 is 1.31 bits per heavy atom. The van der Waals surface area contributed by atoms with Gasteiger partial charge in [0, 0.05) is 6.04 Å². The normalized spacial score (nSPS) is 36.5. The third-order valence-electron chi connectivity index (χ3n) is 3.96. The maximum atomic E-state index is 3.34. The van der Waals surface area contributed by atoms with Crippen LogP contribution in [0.1, 0.15) is 26.7 Å². The summed E-state index contributed by atoms with van der Waals surface area (Å²) in [4.78, 5) is 2.67. The monoisotopic (exact) mass is 182 g/mol. The van der Waals surface area contributed by atoms with Crippen LogP contribution >= 0.6 is 0 Å². The lowest BCUT2D eigenvalue weighted by Crippen LogP contribution is -2.44. The van der Waals surface area contributed by atoms with Gasteiger partial charge in [-0.25, -0.2) is 0 Å². The zero-order valence-electron chi connectivity index (χ0n) is 8.92. The van der Waals surface area contributed by atoms with Gasteiger partial charge in [-0.05, 0) is 57.8 Å².